The van der Waals surface area contributed by atoms with E-state index in [9.17, 15) is 9.59 Å². The molecule has 1 fully saturated rings. The highest BCUT2D eigenvalue weighted by atomic mass is 16.2. The van der Waals surface area contributed by atoms with Gasteiger partial charge in [0, 0.05) is 38.4 Å². The Bertz CT molecular complexity index is 906. The molecule has 0 aromatic heterocycles. The van der Waals surface area contributed by atoms with Crippen LogP contribution in [0.4, 0.5) is 5.69 Å². The number of carbonyl (C=O) groups excluding carboxylic acids is 2. The van der Waals surface area contributed by atoms with Crippen molar-refractivity contribution in [2.24, 2.45) is 5.92 Å². The van der Waals surface area contributed by atoms with E-state index in [1.54, 1.807) is 18.2 Å². The van der Waals surface area contributed by atoms with Gasteiger partial charge in [0.05, 0.1) is 0 Å². The molecule has 0 saturated carbocycles. The van der Waals surface area contributed by atoms with Crippen LogP contribution in [0.1, 0.15) is 41.3 Å². The van der Waals surface area contributed by atoms with E-state index in [-0.39, 0.29) is 11.8 Å². The van der Waals surface area contributed by atoms with Crippen molar-refractivity contribution in [3.63, 3.8) is 0 Å². The summed E-state index contributed by atoms with van der Waals surface area (Å²) in [5, 5.41) is 2.87. The van der Waals surface area contributed by atoms with Gasteiger partial charge in [0.25, 0.3) is 11.8 Å². The van der Waals surface area contributed by atoms with E-state index in [1.807, 2.05) is 67.2 Å². The number of carbonyl (C=O) groups is 2. The molecule has 5 heteroatoms. The van der Waals surface area contributed by atoms with Gasteiger partial charge in [0.1, 0.15) is 5.70 Å². The molecule has 30 heavy (non-hydrogen) atoms. The molecule has 158 valence electrons. The van der Waals surface area contributed by atoms with E-state index in [4.69, 9.17) is 0 Å². The number of nitrogens with one attached hydrogen (secondary N) is 1. The second kappa shape index (κ2) is 9.61. The van der Waals surface area contributed by atoms with Crippen molar-refractivity contribution >= 4 is 23.6 Å². The topological polar surface area (TPSA) is 52.7 Å². The lowest BCUT2D eigenvalue weighted by atomic mass is 9.99. The molecule has 1 heterocycles. The quantitative estimate of drug-likeness (QED) is 0.763. The zero-order chi connectivity index (χ0) is 21.7. The van der Waals surface area contributed by atoms with Gasteiger partial charge in [-0.2, -0.15) is 0 Å². The summed E-state index contributed by atoms with van der Waals surface area (Å²) in [5.74, 6) is 0.228. The fraction of sp³-hybridized carbons (Fsp3) is 0.360. The van der Waals surface area contributed by atoms with Gasteiger partial charge in [-0.1, -0.05) is 36.8 Å². The van der Waals surface area contributed by atoms with Crippen molar-refractivity contribution in [1.29, 1.82) is 0 Å². The summed E-state index contributed by atoms with van der Waals surface area (Å²) in [4.78, 5) is 29.9. The Labute approximate surface area is 179 Å². The molecule has 0 radical (unpaired) electrons. The highest BCUT2D eigenvalue weighted by Gasteiger charge is 2.24. The first-order valence-electron chi connectivity index (χ1n) is 10.5. The minimum absolute atomic E-state index is 0.126. The molecule has 0 spiro atoms. The summed E-state index contributed by atoms with van der Waals surface area (Å²) in [6.07, 6.45) is 3.75. The Balaban J connectivity index is 1.86. The molecule has 2 amide bonds. The molecular weight excluding hydrogens is 374 g/mol. The molecule has 5 nitrogen and oxygen atoms in total. The van der Waals surface area contributed by atoms with Crippen LogP contribution in [0, 0.1) is 12.8 Å². The van der Waals surface area contributed by atoms with Crippen molar-refractivity contribution in [1.82, 2.24) is 10.2 Å². The normalized spacial score (nSPS) is 15.1. The number of likely N-dealkylation sites (tertiary alicyclic amines) is 1. The van der Waals surface area contributed by atoms with E-state index >= 15 is 0 Å². The minimum Gasteiger partial charge on any atom is -0.378 e. The summed E-state index contributed by atoms with van der Waals surface area (Å²) in [5.41, 5.74) is 3.89. The van der Waals surface area contributed by atoms with Gasteiger partial charge in [-0.05, 0) is 61.6 Å². The first-order valence-corrected chi connectivity index (χ1v) is 10.5. The molecule has 1 aliphatic rings. The Hall–Kier alpha value is -3.08. The molecule has 0 atom stereocenters. The third-order valence-corrected chi connectivity index (χ3v) is 5.58. The first kappa shape index (κ1) is 21.6. The number of aryl methyl sites for hydroxylation is 1. The van der Waals surface area contributed by atoms with Crippen LogP contribution in [-0.2, 0) is 4.79 Å². The van der Waals surface area contributed by atoms with Crippen molar-refractivity contribution in [2.45, 2.75) is 26.7 Å². The first-order chi connectivity index (χ1) is 14.3. The van der Waals surface area contributed by atoms with E-state index in [0.29, 0.717) is 17.2 Å². The summed E-state index contributed by atoms with van der Waals surface area (Å²) < 4.78 is 0. The predicted octanol–water partition coefficient (Wildman–Crippen LogP) is 4.09. The maximum absolute atomic E-state index is 13.2. The molecular formula is C25H31N3O2. The second-order valence-corrected chi connectivity index (χ2v) is 8.34. The minimum atomic E-state index is -0.273. The van der Waals surface area contributed by atoms with Gasteiger partial charge in [0.15, 0.2) is 0 Å². The van der Waals surface area contributed by atoms with Crippen LogP contribution in [-0.4, -0.2) is 43.9 Å². The Kier molecular flexibility index (Phi) is 6.93. The molecule has 3 rings (SSSR count). The summed E-state index contributed by atoms with van der Waals surface area (Å²) >= 11 is 0. The SMILES string of the molecule is Cc1ccc(C(=O)N/C(=C\c2ccc(N(C)C)cc2)C(=O)N2CCC(C)CC2)cc1. The summed E-state index contributed by atoms with van der Waals surface area (Å²) in [7, 11) is 3.97. The van der Waals surface area contributed by atoms with Crippen LogP contribution >= 0.6 is 0 Å². The fourth-order valence-corrected chi connectivity index (χ4v) is 3.47. The maximum Gasteiger partial charge on any atom is 0.270 e. The van der Waals surface area contributed by atoms with Crippen LogP contribution in [0.2, 0.25) is 0 Å². The van der Waals surface area contributed by atoms with Crippen LogP contribution in [0.3, 0.4) is 0 Å². The average molecular weight is 406 g/mol. The van der Waals surface area contributed by atoms with E-state index < -0.39 is 0 Å². The lowest BCUT2D eigenvalue weighted by Crippen LogP contribution is -2.42. The van der Waals surface area contributed by atoms with Gasteiger partial charge >= 0.3 is 0 Å². The number of piperidine rings is 1. The number of nitrogens with zero attached hydrogens (tertiary/aromatic N) is 2. The fourth-order valence-electron chi connectivity index (χ4n) is 3.47. The highest BCUT2D eigenvalue weighted by molar-refractivity contribution is 6.05. The van der Waals surface area contributed by atoms with E-state index in [1.165, 1.54) is 0 Å². The molecule has 2 aromatic carbocycles. The number of anilines is 1. The zero-order valence-corrected chi connectivity index (χ0v) is 18.3. The van der Waals surface area contributed by atoms with Crippen molar-refractivity contribution in [3.8, 4) is 0 Å². The monoisotopic (exact) mass is 405 g/mol. The Morgan fingerprint density at radius 1 is 1.00 bits per heavy atom. The third-order valence-electron chi connectivity index (χ3n) is 5.58. The van der Waals surface area contributed by atoms with Crippen LogP contribution in [0.5, 0.6) is 0 Å². The van der Waals surface area contributed by atoms with Crippen LogP contribution < -0.4 is 10.2 Å². The average Bonchev–Trinajstić information content (AvgIpc) is 2.74. The van der Waals surface area contributed by atoms with Crippen LogP contribution in [0.25, 0.3) is 6.08 Å². The van der Waals surface area contributed by atoms with Gasteiger partial charge in [-0.25, -0.2) is 0 Å². The Morgan fingerprint density at radius 3 is 2.17 bits per heavy atom. The molecule has 1 aliphatic heterocycles. The zero-order valence-electron chi connectivity index (χ0n) is 18.3. The number of benzene rings is 2. The number of rotatable bonds is 5. The van der Waals surface area contributed by atoms with Crippen LogP contribution in [0.15, 0.2) is 54.2 Å². The summed E-state index contributed by atoms with van der Waals surface area (Å²) in [6, 6.07) is 15.3. The molecule has 0 bridgehead atoms. The van der Waals surface area contributed by atoms with Crippen molar-refractivity contribution in [3.05, 3.63) is 70.9 Å². The largest absolute Gasteiger partial charge is 0.378 e. The predicted molar refractivity (Wildman–Crippen MR) is 122 cm³/mol. The van der Waals surface area contributed by atoms with Gasteiger partial charge in [-0.3, -0.25) is 9.59 Å². The van der Waals surface area contributed by atoms with Gasteiger partial charge < -0.3 is 15.1 Å². The Morgan fingerprint density at radius 2 is 1.60 bits per heavy atom. The molecule has 0 unspecified atom stereocenters. The van der Waals surface area contributed by atoms with E-state index in [0.717, 1.165) is 42.7 Å². The third kappa shape index (κ3) is 5.50. The lowest BCUT2D eigenvalue weighted by Gasteiger charge is -2.31. The van der Waals surface area contributed by atoms with Crippen molar-refractivity contribution in [2.75, 3.05) is 32.1 Å². The van der Waals surface area contributed by atoms with E-state index in [2.05, 4.69) is 12.2 Å². The smallest absolute Gasteiger partial charge is 0.270 e. The lowest BCUT2D eigenvalue weighted by molar-refractivity contribution is -0.128. The molecule has 1 saturated heterocycles. The van der Waals surface area contributed by atoms with Gasteiger partial charge in [0.2, 0.25) is 0 Å². The molecule has 0 aliphatic carbocycles. The highest BCUT2D eigenvalue weighted by Crippen LogP contribution is 2.19. The summed E-state index contributed by atoms with van der Waals surface area (Å²) in [6.45, 7) is 5.63. The molecule has 2 aromatic rings. The van der Waals surface area contributed by atoms with Gasteiger partial charge in [-0.15, -0.1) is 0 Å². The standard InChI is InChI=1S/C25H31N3O2/c1-18-5-9-21(10-6-18)24(29)26-23(25(30)28-15-13-19(2)14-16-28)17-20-7-11-22(12-8-20)27(3)4/h5-12,17,19H,13-16H2,1-4H3,(H,26,29)/b23-17-. The number of hydrogen-bond donors (Lipinski definition) is 1. The number of amides is 2. The number of hydrogen-bond acceptors (Lipinski definition) is 3. The molecule has 1 N–H and O–H groups in total. The second-order valence-electron chi connectivity index (χ2n) is 8.34. The van der Waals surface area contributed by atoms with Crippen molar-refractivity contribution < 1.29 is 9.59 Å². The maximum atomic E-state index is 13.2.